The fourth-order valence-corrected chi connectivity index (χ4v) is 1.79. The number of rotatable bonds is 0. The highest BCUT2D eigenvalue weighted by molar-refractivity contribution is 6.60. The van der Waals surface area contributed by atoms with Crippen LogP contribution >= 0.6 is 34.8 Å². The third-order valence-corrected chi connectivity index (χ3v) is 2.84. The number of benzene rings is 1. The first-order valence-electron chi connectivity index (χ1n) is 3.51. The van der Waals surface area contributed by atoms with Gasteiger partial charge < -0.3 is 5.32 Å². The zero-order valence-corrected chi connectivity index (χ0v) is 8.54. The molecule has 1 aromatic rings. The quantitative estimate of drug-likeness (QED) is 0.690. The van der Waals surface area contributed by atoms with Crippen molar-refractivity contribution in [1.82, 2.24) is 0 Å². The van der Waals surface area contributed by atoms with Gasteiger partial charge in [-0.05, 0) is 18.2 Å². The van der Waals surface area contributed by atoms with Crippen molar-refractivity contribution in [2.24, 2.45) is 0 Å². The molecule has 0 aromatic heterocycles. The monoisotopic (exact) mass is 235 g/mol. The molecule has 13 heavy (non-hydrogen) atoms. The van der Waals surface area contributed by atoms with Gasteiger partial charge in [0.1, 0.15) is 0 Å². The zero-order valence-electron chi connectivity index (χ0n) is 6.27. The Balaban J connectivity index is 2.64. The van der Waals surface area contributed by atoms with Crippen LogP contribution in [0.3, 0.4) is 0 Å². The molecule has 1 amide bonds. The molecule has 0 atom stereocenters. The summed E-state index contributed by atoms with van der Waals surface area (Å²) in [5.41, 5.74) is 1.12. The first-order valence-corrected chi connectivity index (χ1v) is 4.64. The predicted molar refractivity (Wildman–Crippen MR) is 53.5 cm³/mol. The van der Waals surface area contributed by atoms with E-state index in [-0.39, 0.29) is 0 Å². The molecule has 0 spiro atoms. The second kappa shape index (κ2) is 2.77. The molecule has 2 rings (SSSR count). The van der Waals surface area contributed by atoms with Crippen LogP contribution in [0.5, 0.6) is 0 Å². The molecule has 0 bridgehead atoms. The Labute approximate surface area is 89.8 Å². The van der Waals surface area contributed by atoms with Gasteiger partial charge in [0.15, 0.2) is 0 Å². The van der Waals surface area contributed by atoms with Crippen LogP contribution in [0.1, 0.15) is 5.56 Å². The smallest absolute Gasteiger partial charge is 0.265 e. The van der Waals surface area contributed by atoms with Gasteiger partial charge in [-0.15, -0.1) is 0 Å². The van der Waals surface area contributed by atoms with Crippen LogP contribution in [0.25, 0.3) is 0 Å². The molecule has 0 unspecified atom stereocenters. The van der Waals surface area contributed by atoms with E-state index in [1.807, 2.05) is 0 Å². The topological polar surface area (TPSA) is 29.1 Å². The molecule has 68 valence electrons. The minimum atomic E-state index is -1.51. The molecular formula is C8H4Cl3NO. The number of hydrogen-bond donors (Lipinski definition) is 1. The largest absolute Gasteiger partial charge is 0.323 e. The number of fused-ring (bicyclic) bond motifs is 1. The highest BCUT2D eigenvalue weighted by atomic mass is 35.5. The standard InChI is InChI=1S/C8H4Cl3NO/c9-4-1-2-6-5(3-4)8(10,11)7(13)12-6/h1-3H,(H,12,13). The fourth-order valence-electron chi connectivity index (χ4n) is 1.21. The van der Waals surface area contributed by atoms with Crippen LogP contribution < -0.4 is 5.32 Å². The lowest BCUT2D eigenvalue weighted by Crippen LogP contribution is -2.21. The van der Waals surface area contributed by atoms with Gasteiger partial charge in [0.2, 0.25) is 4.33 Å². The second-order valence-electron chi connectivity index (χ2n) is 2.72. The third kappa shape index (κ3) is 1.30. The van der Waals surface area contributed by atoms with Crippen LogP contribution in [0.4, 0.5) is 5.69 Å². The summed E-state index contributed by atoms with van der Waals surface area (Å²) in [5, 5.41) is 3.05. The lowest BCUT2D eigenvalue weighted by atomic mass is 10.1. The van der Waals surface area contributed by atoms with Crippen LogP contribution in [-0.4, -0.2) is 5.91 Å². The Morgan fingerprint density at radius 1 is 1.31 bits per heavy atom. The van der Waals surface area contributed by atoms with E-state index in [2.05, 4.69) is 5.32 Å². The van der Waals surface area contributed by atoms with Gasteiger partial charge in [-0.1, -0.05) is 34.8 Å². The van der Waals surface area contributed by atoms with Gasteiger partial charge in [-0.25, -0.2) is 0 Å². The summed E-state index contributed by atoms with van der Waals surface area (Å²) in [6, 6.07) is 4.91. The Hall–Kier alpha value is -0.440. The highest BCUT2D eigenvalue weighted by Gasteiger charge is 2.43. The van der Waals surface area contributed by atoms with E-state index in [4.69, 9.17) is 34.8 Å². The van der Waals surface area contributed by atoms with Crippen molar-refractivity contribution in [2.45, 2.75) is 4.33 Å². The molecule has 5 heteroatoms. The number of anilines is 1. The lowest BCUT2D eigenvalue weighted by molar-refractivity contribution is -0.116. The zero-order chi connectivity index (χ0) is 9.64. The molecule has 1 aliphatic rings. The van der Waals surface area contributed by atoms with Crippen molar-refractivity contribution in [3.8, 4) is 0 Å². The molecular weight excluding hydrogens is 232 g/mol. The second-order valence-corrected chi connectivity index (χ2v) is 4.48. The summed E-state index contributed by atoms with van der Waals surface area (Å²) in [6.45, 7) is 0. The van der Waals surface area contributed by atoms with Gasteiger partial charge in [-0.2, -0.15) is 0 Å². The van der Waals surface area contributed by atoms with E-state index in [1.54, 1.807) is 18.2 Å². The van der Waals surface area contributed by atoms with Crippen molar-refractivity contribution in [3.05, 3.63) is 28.8 Å². The Morgan fingerprint density at radius 3 is 2.69 bits per heavy atom. The maximum atomic E-state index is 11.2. The first-order chi connectivity index (χ1) is 6.01. The van der Waals surface area contributed by atoms with Crippen LogP contribution in [0.2, 0.25) is 5.02 Å². The molecule has 0 saturated carbocycles. The average Bonchev–Trinajstić information content (AvgIpc) is 2.27. The first kappa shape index (κ1) is 9.13. The van der Waals surface area contributed by atoms with Crippen LogP contribution in [0, 0.1) is 0 Å². The SMILES string of the molecule is O=C1Nc2ccc(Cl)cc2C1(Cl)Cl. The number of carbonyl (C=O) groups is 1. The van der Waals surface area contributed by atoms with E-state index in [0.29, 0.717) is 16.3 Å². The lowest BCUT2D eigenvalue weighted by Gasteiger charge is -2.08. The minimum Gasteiger partial charge on any atom is -0.323 e. The number of hydrogen-bond acceptors (Lipinski definition) is 1. The number of nitrogens with one attached hydrogen (secondary N) is 1. The Bertz CT molecular complexity index is 389. The van der Waals surface area contributed by atoms with Crippen LogP contribution in [0.15, 0.2) is 18.2 Å². The molecule has 1 aliphatic heterocycles. The van der Waals surface area contributed by atoms with E-state index in [0.717, 1.165) is 0 Å². The molecule has 1 heterocycles. The van der Waals surface area contributed by atoms with Crippen molar-refractivity contribution < 1.29 is 4.79 Å². The number of halogens is 3. The van der Waals surface area contributed by atoms with Gasteiger partial charge in [0.25, 0.3) is 5.91 Å². The van der Waals surface area contributed by atoms with Gasteiger partial charge in [-0.3, -0.25) is 4.79 Å². The van der Waals surface area contributed by atoms with E-state index < -0.39 is 10.2 Å². The number of amides is 1. The molecule has 0 saturated heterocycles. The highest BCUT2D eigenvalue weighted by Crippen LogP contribution is 2.45. The summed E-state index contributed by atoms with van der Waals surface area (Å²) in [6.07, 6.45) is 0. The number of alkyl halides is 2. The summed E-state index contributed by atoms with van der Waals surface area (Å²) >= 11 is 17.4. The van der Waals surface area contributed by atoms with E-state index in [9.17, 15) is 4.79 Å². The maximum absolute atomic E-state index is 11.2. The third-order valence-electron chi connectivity index (χ3n) is 1.85. The number of carbonyl (C=O) groups excluding carboxylic acids is 1. The van der Waals surface area contributed by atoms with Gasteiger partial charge in [0, 0.05) is 16.3 Å². The molecule has 0 fully saturated rings. The molecule has 2 nitrogen and oxygen atoms in total. The molecule has 0 aliphatic carbocycles. The summed E-state index contributed by atoms with van der Waals surface area (Å²) in [7, 11) is 0. The fraction of sp³-hybridized carbons (Fsp3) is 0.125. The summed E-state index contributed by atoms with van der Waals surface area (Å²) < 4.78 is -1.51. The minimum absolute atomic E-state index is 0.437. The summed E-state index contributed by atoms with van der Waals surface area (Å²) in [4.78, 5) is 11.2. The maximum Gasteiger partial charge on any atom is 0.265 e. The molecule has 1 aromatic carbocycles. The molecule has 0 radical (unpaired) electrons. The van der Waals surface area contributed by atoms with Crippen molar-refractivity contribution >= 4 is 46.4 Å². The summed E-state index contributed by atoms with van der Waals surface area (Å²) in [5.74, 6) is -0.437. The Morgan fingerprint density at radius 2 is 2.00 bits per heavy atom. The van der Waals surface area contributed by atoms with Crippen molar-refractivity contribution in [2.75, 3.05) is 5.32 Å². The predicted octanol–water partition coefficient (Wildman–Crippen LogP) is 2.92. The van der Waals surface area contributed by atoms with Crippen molar-refractivity contribution in [3.63, 3.8) is 0 Å². The van der Waals surface area contributed by atoms with Crippen LogP contribution in [-0.2, 0) is 9.13 Å². The van der Waals surface area contributed by atoms with Crippen molar-refractivity contribution in [1.29, 1.82) is 0 Å². The van der Waals surface area contributed by atoms with Gasteiger partial charge in [0.05, 0.1) is 0 Å². The average molecular weight is 236 g/mol. The van der Waals surface area contributed by atoms with E-state index in [1.165, 1.54) is 0 Å². The normalized spacial score (nSPS) is 18.2. The Kier molecular flexibility index (Phi) is 1.95. The van der Waals surface area contributed by atoms with E-state index >= 15 is 0 Å². The van der Waals surface area contributed by atoms with Gasteiger partial charge >= 0.3 is 0 Å². The molecule has 1 N–H and O–H groups in total.